The summed E-state index contributed by atoms with van der Waals surface area (Å²) in [6.45, 7) is 3.24. The van der Waals surface area contributed by atoms with Gasteiger partial charge in [-0.25, -0.2) is 15.0 Å². The summed E-state index contributed by atoms with van der Waals surface area (Å²) in [7, 11) is 0. The van der Waals surface area contributed by atoms with Crippen molar-refractivity contribution in [2.24, 2.45) is 0 Å². The second-order valence-corrected chi connectivity index (χ2v) is 6.94. The highest BCUT2D eigenvalue weighted by Crippen LogP contribution is 2.26. The minimum Gasteiger partial charge on any atom is -0.327 e. The molecule has 0 amide bonds. The Kier molecular flexibility index (Phi) is 4.25. The molecule has 0 aliphatic rings. The lowest BCUT2D eigenvalue weighted by atomic mass is 10.2. The zero-order valence-electron chi connectivity index (χ0n) is 16.2. The number of nitriles is 1. The first-order valence-electron chi connectivity index (χ1n) is 9.65. The van der Waals surface area contributed by atoms with Crippen LogP contribution in [-0.2, 0) is 13.1 Å². The van der Waals surface area contributed by atoms with Crippen molar-refractivity contribution in [1.29, 1.82) is 5.26 Å². The molecule has 2 aromatic carbocycles. The van der Waals surface area contributed by atoms with Crippen LogP contribution in [0.1, 0.15) is 18.3 Å². The predicted octanol–water partition coefficient (Wildman–Crippen LogP) is 4.53. The molecule has 0 atom stereocenters. The number of nitrogens with zero attached hydrogens (tertiary/aromatic N) is 6. The van der Waals surface area contributed by atoms with E-state index >= 15 is 0 Å². The van der Waals surface area contributed by atoms with Crippen molar-refractivity contribution in [3.8, 4) is 17.6 Å². The van der Waals surface area contributed by atoms with E-state index < -0.39 is 5.95 Å². The van der Waals surface area contributed by atoms with Crippen LogP contribution in [0.25, 0.3) is 33.6 Å². The normalized spacial score (nSPS) is 11.2. The van der Waals surface area contributed by atoms with E-state index in [0.29, 0.717) is 23.6 Å². The molecule has 5 aromatic rings. The van der Waals surface area contributed by atoms with Crippen LogP contribution >= 0.6 is 0 Å². The molecule has 3 aromatic heterocycles. The van der Waals surface area contributed by atoms with Crippen molar-refractivity contribution >= 4 is 22.1 Å². The van der Waals surface area contributed by atoms with Gasteiger partial charge < -0.3 is 9.13 Å². The number of hydrogen-bond donors (Lipinski definition) is 0. The lowest BCUT2D eigenvalue weighted by Gasteiger charge is -2.11. The molecule has 30 heavy (non-hydrogen) atoms. The number of halogens is 1. The van der Waals surface area contributed by atoms with Gasteiger partial charge in [-0.1, -0.05) is 18.2 Å². The molecule has 0 fully saturated rings. The van der Waals surface area contributed by atoms with Crippen LogP contribution in [-0.4, -0.2) is 24.1 Å². The molecule has 0 radical (unpaired) electrons. The van der Waals surface area contributed by atoms with Gasteiger partial charge in [0, 0.05) is 6.54 Å². The summed E-state index contributed by atoms with van der Waals surface area (Å²) in [6.07, 6.45) is 0. The Morgan fingerprint density at radius 2 is 1.73 bits per heavy atom. The predicted molar refractivity (Wildman–Crippen MR) is 112 cm³/mol. The highest BCUT2D eigenvalue weighted by molar-refractivity contribution is 5.81. The van der Waals surface area contributed by atoms with Crippen molar-refractivity contribution in [1.82, 2.24) is 24.1 Å². The van der Waals surface area contributed by atoms with E-state index in [-0.39, 0.29) is 0 Å². The molecule has 0 aliphatic carbocycles. The van der Waals surface area contributed by atoms with Gasteiger partial charge in [0.1, 0.15) is 11.5 Å². The number of para-hydroxylation sites is 2. The topological polar surface area (TPSA) is 72.3 Å². The average Bonchev–Trinajstić information content (AvgIpc) is 3.31. The van der Waals surface area contributed by atoms with Gasteiger partial charge in [-0.3, -0.25) is 0 Å². The lowest BCUT2D eigenvalue weighted by Crippen LogP contribution is -2.09. The number of rotatable bonds is 4. The maximum absolute atomic E-state index is 13.8. The van der Waals surface area contributed by atoms with Crippen LogP contribution in [0.15, 0.2) is 60.7 Å². The number of fused-ring (bicyclic) bond motifs is 2. The summed E-state index contributed by atoms with van der Waals surface area (Å²) in [6, 6.07) is 20.2. The fraction of sp³-hybridized carbons (Fsp3) is 0.130. The van der Waals surface area contributed by atoms with Gasteiger partial charge in [0.2, 0.25) is 5.95 Å². The highest BCUT2D eigenvalue weighted by Gasteiger charge is 2.18. The Labute approximate surface area is 171 Å². The van der Waals surface area contributed by atoms with Gasteiger partial charge in [0.15, 0.2) is 5.82 Å². The van der Waals surface area contributed by atoms with E-state index in [1.807, 2.05) is 34.9 Å². The third kappa shape index (κ3) is 2.90. The average molecular weight is 396 g/mol. The Morgan fingerprint density at radius 3 is 2.53 bits per heavy atom. The van der Waals surface area contributed by atoms with Crippen molar-refractivity contribution in [3.05, 3.63) is 78.0 Å². The van der Waals surface area contributed by atoms with Crippen LogP contribution in [0.4, 0.5) is 4.39 Å². The van der Waals surface area contributed by atoms with Crippen LogP contribution < -0.4 is 0 Å². The minimum absolute atomic E-state index is 0.443. The van der Waals surface area contributed by atoms with Crippen molar-refractivity contribution in [2.75, 3.05) is 0 Å². The summed E-state index contributed by atoms with van der Waals surface area (Å²) in [5, 5.41) is 9.21. The zero-order valence-corrected chi connectivity index (χ0v) is 16.2. The van der Waals surface area contributed by atoms with Crippen molar-refractivity contribution < 1.29 is 4.39 Å². The standard InChI is InChI=1S/C23H17FN6/c1-2-29-20-11-10-15(13-25)12-18(20)27-22(29)14-30-19-8-4-3-6-16(19)28-23(30)17-7-5-9-21(24)26-17/h3-12H,2,14H2,1H3. The number of imidazole rings is 2. The smallest absolute Gasteiger partial charge is 0.213 e. The first kappa shape index (κ1) is 18.0. The molecule has 0 aliphatic heterocycles. The summed E-state index contributed by atoms with van der Waals surface area (Å²) in [5.41, 5.74) is 4.53. The molecule has 3 heterocycles. The monoisotopic (exact) mass is 396 g/mol. The number of hydrogen-bond acceptors (Lipinski definition) is 4. The van der Waals surface area contributed by atoms with Gasteiger partial charge in [0.05, 0.1) is 40.2 Å². The van der Waals surface area contributed by atoms with Crippen molar-refractivity contribution in [2.45, 2.75) is 20.0 Å². The third-order valence-corrected chi connectivity index (χ3v) is 5.17. The number of pyridine rings is 1. The first-order chi connectivity index (χ1) is 14.7. The van der Waals surface area contributed by atoms with E-state index in [1.54, 1.807) is 24.3 Å². The molecule has 0 unspecified atom stereocenters. The molecule has 7 heteroatoms. The Morgan fingerprint density at radius 1 is 0.900 bits per heavy atom. The zero-order chi connectivity index (χ0) is 20.7. The molecule has 0 spiro atoms. The molecular formula is C23H17FN6. The second kappa shape index (κ2) is 7.08. The summed E-state index contributed by atoms with van der Waals surface area (Å²) < 4.78 is 17.9. The van der Waals surface area contributed by atoms with E-state index in [1.165, 1.54) is 6.07 Å². The van der Waals surface area contributed by atoms with Gasteiger partial charge in [-0.05, 0) is 49.4 Å². The Balaban J connectivity index is 1.71. The first-order valence-corrected chi connectivity index (χ1v) is 9.65. The molecule has 5 rings (SSSR count). The van der Waals surface area contributed by atoms with Crippen LogP contribution in [0.2, 0.25) is 0 Å². The fourth-order valence-corrected chi connectivity index (χ4v) is 3.83. The van der Waals surface area contributed by atoms with E-state index in [0.717, 1.165) is 34.4 Å². The maximum atomic E-state index is 13.8. The molecule has 0 saturated carbocycles. The largest absolute Gasteiger partial charge is 0.327 e. The van der Waals surface area contributed by atoms with Gasteiger partial charge in [-0.15, -0.1) is 0 Å². The van der Waals surface area contributed by atoms with Gasteiger partial charge in [0.25, 0.3) is 0 Å². The Bertz CT molecular complexity index is 1440. The fourth-order valence-electron chi connectivity index (χ4n) is 3.83. The van der Waals surface area contributed by atoms with Crippen molar-refractivity contribution in [3.63, 3.8) is 0 Å². The van der Waals surface area contributed by atoms with Crippen LogP contribution in [0.5, 0.6) is 0 Å². The second-order valence-electron chi connectivity index (χ2n) is 6.94. The molecule has 0 N–H and O–H groups in total. The molecule has 0 bridgehead atoms. The maximum Gasteiger partial charge on any atom is 0.213 e. The van der Waals surface area contributed by atoms with Gasteiger partial charge >= 0.3 is 0 Å². The Hall–Kier alpha value is -4.05. The van der Waals surface area contributed by atoms with E-state index in [4.69, 9.17) is 9.97 Å². The summed E-state index contributed by atoms with van der Waals surface area (Å²) in [4.78, 5) is 13.5. The van der Waals surface area contributed by atoms with Crippen LogP contribution in [0, 0.1) is 17.3 Å². The molecule has 0 saturated heterocycles. The number of aromatic nitrogens is 5. The molecule has 6 nitrogen and oxygen atoms in total. The highest BCUT2D eigenvalue weighted by atomic mass is 19.1. The minimum atomic E-state index is -0.545. The summed E-state index contributed by atoms with van der Waals surface area (Å²) in [5.74, 6) is 0.877. The number of benzene rings is 2. The quantitative estimate of drug-likeness (QED) is 0.419. The molecular weight excluding hydrogens is 379 g/mol. The third-order valence-electron chi connectivity index (χ3n) is 5.17. The van der Waals surface area contributed by atoms with Crippen LogP contribution in [0.3, 0.4) is 0 Å². The van der Waals surface area contributed by atoms with E-state index in [2.05, 4.69) is 22.5 Å². The summed E-state index contributed by atoms with van der Waals surface area (Å²) >= 11 is 0. The number of aryl methyl sites for hydroxylation is 1. The molecule has 146 valence electrons. The lowest BCUT2D eigenvalue weighted by molar-refractivity contribution is 0.584. The van der Waals surface area contributed by atoms with E-state index in [9.17, 15) is 9.65 Å². The van der Waals surface area contributed by atoms with Gasteiger partial charge in [-0.2, -0.15) is 9.65 Å². The SMILES string of the molecule is CCn1c(Cn2c(-c3cccc(F)n3)nc3ccccc32)nc2cc(C#N)ccc21.